The maximum Gasteiger partial charge on any atom is 0.239 e. The van der Waals surface area contributed by atoms with Crippen LogP contribution in [0.1, 0.15) is 26.2 Å². The first kappa shape index (κ1) is 12.7. The maximum absolute atomic E-state index is 11.5. The van der Waals surface area contributed by atoms with Gasteiger partial charge in [-0.2, -0.15) is 0 Å². The van der Waals surface area contributed by atoms with Crippen LogP contribution < -0.4 is 16.0 Å². The van der Waals surface area contributed by atoms with E-state index < -0.39 is 0 Å². The molecule has 1 amide bonds. The summed E-state index contributed by atoms with van der Waals surface area (Å²) in [4.78, 5) is 15.9. The molecule has 1 aromatic rings. The van der Waals surface area contributed by atoms with Gasteiger partial charge >= 0.3 is 0 Å². The molecule has 1 aliphatic carbocycles. The smallest absolute Gasteiger partial charge is 0.239 e. The van der Waals surface area contributed by atoms with Crippen molar-refractivity contribution in [1.29, 1.82) is 0 Å². The summed E-state index contributed by atoms with van der Waals surface area (Å²) in [6, 6.07) is 6.11. The number of hydrogen-bond acceptors (Lipinski definition) is 4. The normalized spacial score (nSPS) is 14.1. The topological polar surface area (TPSA) is 66.0 Å². The summed E-state index contributed by atoms with van der Waals surface area (Å²) in [6.07, 6.45) is 3.28. The minimum absolute atomic E-state index is 0.0335. The predicted molar refractivity (Wildman–Crippen MR) is 72.7 cm³/mol. The van der Waals surface area contributed by atoms with Gasteiger partial charge in [0.1, 0.15) is 11.6 Å². The zero-order valence-corrected chi connectivity index (χ0v) is 10.7. The van der Waals surface area contributed by atoms with Crippen molar-refractivity contribution in [1.82, 2.24) is 10.3 Å². The fourth-order valence-electron chi connectivity index (χ4n) is 1.56. The number of carbonyl (C=O) groups excluding carboxylic acids is 1. The lowest BCUT2D eigenvalue weighted by Gasteiger charge is -2.08. The Hall–Kier alpha value is -1.78. The fourth-order valence-corrected chi connectivity index (χ4v) is 1.56. The first-order valence-corrected chi connectivity index (χ1v) is 6.52. The van der Waals surface area contributed by atoms with E-state index in [0.717, 1.165) is 37.4 Å². The van der Waals surface area contributed by atoms with E-state index in [1.165, 1.54) is 0 Å². The Kier molecular flexibility index (Phi) is 4.39. The zero-order valence-electron chi connectivity index (χ0n) is 10.7. The van der Waals surface area contributed by atoms with Crippen molar-refractivity contribution >= 4 is 17.5 Å². The molecular formula is C13H20N4O. The van der Waals surface area contributed by atoms with Crippen LogP contribution in [0.15, 0.2) is 18.2 Å². The van der Waals surface area contributed by atoms with Gasteiger partial charge in [-0.25, -0.2) is 4.98 Å². The lowest BCUT2D eigenvalue weighted by Crippen LogP contribution is -2.31. The molecule has 1 saturated carbocycles. The van der Waals surface area contributed by atoms with E-state index in [-0.39, 0.29) is 12.5 Å². The molecule has 1 aromatic heterocycles. The van der Waals surface area contributed by atoms with Crippen molar-refractivity contribution in [3.63, 3.8) is 0 Å². The van der Waals surface area contributed by atoms with E-state index in [2.05, 4.69) is 27.9 Å². The summed E-state index contributed by atoms with van der Waals surface area (Å²) in [7, 11) is 0. The van der Waals surface area contributed by atoms with E-state index in [1.807, 2.05) is 18.2 Å². The lowest BCUT2D eigenvalue weighted by atomic mass is 10.4. The highest BCUT2D eigenvalue weighted by Gasteiger charge is 2.22. The number of carbonyl (C=O) groups is 1. The molecule has 1 fully saturated rings. The molecular weight excluding hydrogens is 228 g/mol. The number of amides is 1. The van der Waals surface area contributed by atoms with Crippen LogP contribution in [0.5, 0.6) is 0 Å². The first-order chi connectivity index (χ1) is 8.78. The van der Waals surface area contributed by atoms with Gasteiger partial charge in [0.05, 0.1) is 6.54 Å². The largest absolute Gasteiger partial charge is 0.370 e. The minimum Gasteiger partial charge on any atom is -0.370 e. The maximum atomic E-state index is 11.5. The molecule has 18 heavy (non-hydrogen) atoms. The summed E-state index contributed by atoms with van der Waals surface area (Å²) in [5.41, 5.74) is 0. The third kappa shape index (κ3) is 4.24. The molecule has 1 aliphatic rings. The van der Waals surface area contributed by atoms with Gasteiger partial charge in [0, 0.05) is 12.6 Å². The van der Waals surface area contributed by atoms with Crippen LogP contribution >= 0.6 is 0 Å². The number of rotatable bonds is 7. The molecule has 98 valence electrons. The summed E-state index contributed by atoms with van der Waals surface area (Å²) in [5.74, 6) is 1.60. The lowest BCUT2D eigenvalue weighted by molar-refractivity contribution is -0.119. The standard InChI is InChI=1S/C13H20N4O/c1-2-8-14-11-4-3-5-12(17-11)15-9-13(18)16-10-6-7-10/h3-5,10H,2,6-9H2,1H3,(H,16,18)(H2,14,15,17). The van der Waals surface area contributed by atoms with Gasteiger partial charge in [0.25, 0.3) is 0 Å². The molecule has 0 radical (unpaired) electrons. The van der Waals surface area contributed by atoms with E-state index in [0.29, 0.717) is 6.04 Å². The van der Waals surface area contributed by atoms with Gasteiger partial charge in [-0.1, -0.05) is 13.0 Å². The molecule has 0 spiro atoms. The van der Waals surface area contributed by atoms with Gasteiger partial charge in [-0.15, -0.1) is 0 Å². The number of hydrogen-bond donors (Lipinski definition) is 3. The molecule has 0 aromatic carbocycles. The molecule has 0 unspecified atom stereocenters. The Morgan fingerprint density at radius 1 is 1.33 bits per heavy atom. The van der Waals surface area contributed by atoms with Crippen molar-refractivity contribution in [2.45, 2.75) is 32.2 Å². The van der Waals surface area contributed by atoms with Gasteiger partial charge in [-0.3, -0.25) is 4.79 Å². The van der Waals surface area contributed by atoms with Crippen LogP contribution in [0.25, 0.3) is 0 Å². The molecule has 0 saturated heterocycles. The van der Waals surface area contributed by atoms with Gasteiger partial charge in [0.2, 0.25) is 5.91 Å². The highest BCUT2D eigenvalue weighted by molar-refractivity contribution is 5.81. The predicted octanol–water partition coefficient (Wildman–Crippen LogP) is 1.59. The van der Waals surface area contributed by atoms with Crippen LogP contribution in [-0.2, 0) is 4.79 Å². The van der Waals surface area contributed by atoms with Crippen LogP contribution in [0.2, 0.25) is 0 Å². The van der Waals surface area contributed by atoms with Crippen molar-refractivity contribution in [2.24, 2.45) is 0 Å². The number of pyridine rings is 1. The van der Waals surface area contributed by atoms with Crippen molar-refractivity contribution in [3.05, 3.63) is 18.2 Å². The average Bonchev–Trinajstić information content (AvgIpc) is 3.18. The Morgan fingerprint density at radius 3 is 2.72 bits per heavy atom. The molecule has 0 aliphatic heterocycles. The highest BCUT2D eigenvalue weighted by Crippen LogP contribution is 2.18. The third-order valence-electron chi connectivity index (χ3n) is 2.68. The molecule has 5 heteroatoms. The van der Waals surface area contributed by atoms with Gasteiger partial charge in [0.15, 0.2) is 0 Å². The Labute approximate surface area is 107 Å². The van der Waals surface area contributed by atoms with E-state index >= 15 is 0 Å². The van der Waals surface area contributed by atoms with Crippen molar-refractivity contribution in [2.75, 3.05) is 23.7 Å². The third-order valence-corrected chi connectivity index (χ3v) is 2.68. The van der Waals surface area contributed by atoms with Crippen LogP contribution in [0.3, 0.4) is 0 Å². The summed E-state index contributed by atoms with van der Waals surface area (Å²) < 4.78 is 0. The second kappa shape index (κ2) is 6.23. The minimum atomic E-state index is 0.0335. The number of anilines is 2. The summed E-state index contributed by atoms with van der Waals surface area (Å²) >= 11 is 0. The van der Waals surface area contributed by atoms with Crippen LogP contribution in [0, 0.1) is 0 Å². The van der Waals surface area contributed by atoms with Gasteiger partial charge < -0.3 is 16.0 Å². The van der Waals surface area contributed by atoms with Crippen molar-refractivity contribution < 1.29 is 4.79 Å². The first-order valence-electron chi connectivity index (χ1n) is 6.52. The summed E-state index contributed by atoms with van der Waals surface area (Å²) in [6.45, 7) is 3.29. The second-order valence-electron chi connectivity index (χ2n) is 4.53. The van der Waals surface area contributed by atoms with Crippen molar-refractivity contribution in [3.8, 4) is 0 Å². The average molecular weight is 248 g/mol. The van der Waals surface area contributed by atoms with E-state index in [9.17, 15) is 4.79 Å². The molecule has 0 bridgehead atoms. The SMILES string of the molecule is CCCNc1cccc(NCC(=O)NC2CC2)n1. The summed E-state index contributed by atoms with van der Waals surface area (Å²) in [5, 5.41) is 9.17. The molecule has 5 nitrogen and oxygen atoms in total. The Morgan fingerprint density at radius 2 is 2.06 bits per heavy atom. The van der Waals surface area contributed by atoms with Crippen LogP contribution in [0.4, 0.5) is 11.6 Å². The van der Waals surface area contributed by atoms with E-state index in [1.54, 1.807) is 0 Å². The number of aromatic nitrogens is 1. The van der Waals surface area contributed by atoms with Crippen LogP contribution in [-0.4, -0.2) is 30.0 Å². The fraction of sp³-hybridized carbons (Fsp3) is 0.538. The quantitative estimate of drug-likeness (QED) is 0.685. The Bertz CT molecular complexity index is 404. The monoisotopic (exact) mass is 248 g/mol. The highest BCUT2D eigenvalue weighted by atomic mass is 16.2. The number of nitrogens with one attached hydrogen (secondary N) is 3. The molecule has 2 rings (SSSR count). The van der Waals surface area contributed by atoms with E-state index in [4.69, 9.17) is 0 Å². The number of nitrogens with zero attached hydrogens (tertiary/aromatic N) is 1. The Balaban J connectivity index is 1.78. The molecule has 0 atom stereocenters. The molecule has 1 heterocycles. The molecule has 3 N–H and O–H groups in total. The van der Waals surface area contributed by atoms with Gasteiger partial charge in [-0.05, 0) is 31.4 Å². The second-order valence-corrected chi connectivity index (χ2v) is 4.53. The zero-order chi connectivity index (χ0) is 12.8.